The molecular formula is C17H16N2O4. The van der Waals surface area contributed by atoms with Crippen molar-refractivity contribution < 1.29 is 19.0 Å². The molecule has 0 aliphatic heterocycles. The second kappa shape index (κ2) is 6.93. The number of aliphatic hydroxyl groups is 1. The predicted octanol–water partition coefficient (Wildman–Crippen LogP) is 2.82. The highest BCUT2D eigenvalue weighted by molar-refractivity contribution is 5.54. The fourth-order valence-electron chi connectivity index (χ4n) is 1.99. The summed E-state index contributed by atoms with van der Waals surface area (Å²) in [5.41, 5.74) is 2.15. The van der Waals surface area contributed by atoms with Gasteiger partial charge in [-0.15, -0.1) is 0 Å². The van der Waals surface area contributed by atoms with Crippen molar-refractivity contribution in [3.63, 3.8) is 0 Å². The van der Waals surface area contributed by atoms with E-state index in [1.54, 1.807) is 31.7 Å². The largest absolute Gasteiger partial charge is 0.497 e. The fourth-order valence-corrected chi connectivity index (χ4v) is 1.99. The number of methoxy groups -OCH3 is 1. The third-order valence-corrected chi connectivity index (χ3v) is 3.24. The summed E-state index contributed by atoms with van der Waals surface area (Å²) in [7, 11) is 1.62. The van der Waals surface area contributed by atoms with Crippen molar-refractivity contribution in [1.82, 2.24) is 9.97 Å². The molecule has 2 aromatic heterocycles. The molecule has 0 saturated heterocycles. The maximum absolute atomic E-state index is 8.95. The number of hydrogen-bond donors (Lipinski definition) is 1. The molecular weight excluding hydrogens is 296 g/mol. The lowest BCUT2D eigenvalue weighted by molar-refractivity contribution is 0.274. The van der Waals surface area contributed by atoms with Crippen LogP contribution in [0.15, 0.2) is 53.3 Å². The van der Waals surface area contributed by atoms with E-state index in [9.17, 15) is 0 Å². The molecule has 0 spiro atoms. The van der Waals surface area contributed by atoms with Crippen LogP contribution in [-0.2, 0) is 13.2 Å². The summed E-state index contributed by atoms with van der Waals surface area (Å²) in [5.74, 6) is 1.92. The van der Waals surface area contributed by atoms with E-state index in [0.29, 0.717) is 23.0 Å². The molecule has 0 fully saturated rings. The van der Waals surface area contributed by atoms with Gasteiger partial charge in [0.25, 0.3) is 0 Å². The van der Waals surface area contributed by atoms with E-state index >= 15 is 0 Å². The molecule has 0 saturated carbocycles. The standard InChI is InChI=1S/C17H16N2O4/c1-21-15-5-2-12(3-6-15)17-19-14(11-23-17)10-22-16-7-4-13(9-20)18-8-16/h2-8,11,20H,9-10H2,1H3. The van der Waals surface area contributed by atoms with Crippen molar-refractivity contribution >= 4 is 0 Å². The first-order valence-corrected chi connectivity index (χ1v) is 7.06. The number of benzene rings is 1. The third kappa shape index (κ3) is 3.67. The minimum Gasteiger partial charge on any atom is -0.497 e. The molecule has 6 heteroatoms. The van der Waals surface area contributed by atoms with Gasteiger partial charge in [0.2, 0.25) is 5.89 Å². The average molecular weight is 312 g/mol. The predicted molar refractivity (Wildman–Crippen MR) is 83.0 cm³/mol. The Balaban J connectivity index is 1.64. The van der Waals surface area contributed by atoms with Gasteiger partial charge in [-0.2, -0.15) is 0 Å². The second-order valence-electron chi connectivity index (χ2n) is 4.80. The zero-order valence-corrected chi connectivity index (χ0v) is 12.6. The van der Waals surface area contributed by atoms with E-state index in [4.69, 9.17) is 19.0 Å². The molecule has 2 heterocycles. The number of aromatic nitrogens is 2. The van der Waals surface area contributed by atoms with E-state index in [-0.39, 0.29) is 13.2 Å². The van der Waals surface area contributed by atoms with Crippen LogP contribution in [0.5, 0.6) is 11.5 Å². The molecule has 0 aliphatic rings. The molecule has 1 aromatic carbocycles. The highest BCUT2D eigenvalue weighted by Crippen LogP contribution is 2.22. The number of rotatable bonds is 6. The van der Waals surface area contributed by atoms with Gasteiger partial charge in [-0.25, -0.2) is 4.98 Å². The van der Waals surface area contributed by atoms with Crippen molar-refractivity contribution in [2.45, 2.75) is 13.2 Å². The van der Waals surface area contributed by atoms with Crippen LogP contribution in [0.1, 0.15) is 11.4 Å². The van der Waals surface area contributed by atoms with Crippen LogP contribution >= 0.6 is 0 Å². The Morgan fingerprint density at radius 3 is 2.48 bits per heavy atom. The Labute approximate surface area is 133 Å². The third-order valence-electron chi connectivity index (χ3n) is 3.24. The lowest BCUT2D eigenvalue weighted by Crippen LogP contribution is -1.97. The van der Waals surface area contributed by atoms with Crippen molar-refractivity contribution in [2.75, 3.05) is 7.11 Å². The number of ether oxygens (including phenoxy) is 2. The van der Waals surface area contributed by atoms with Crippen molar-refractivity contribution in [1.29, 1.82) is 0 Å². The van der Waals surface area contributed by atoms with Gasteiger partial charge in [0.15, 0.2) is 0 Å². The summed E-state index contributed by atoms with van der Waals surface area (Å²) in [4.78, 5) is 8.44. The van der Waals surface area contributed by atoms with Gasteiger partial charge in [0, 0.05) is 5.56 Å². The molecule has 118 valence electrons. The van der Waals surface area contributed by atoms with Crippen LogP contribution in [0.3, 0.4) is 0 Å². The van der Waals surface area contributed by atoms with Gasteiger partial charge in [0.1, 0.15) is 30.1 Å². The van der Waals surface area contributed by atoms with Crippen LogP contribution in [-0.4, -0.2) is 22.2 Å². The van der Waals surface area contributed by atoms with E-state index in [1.807, 2.05) is 24.3 Å². The summed E-state index contributed by atoms with van der Waals surface area (Å²) in [6, 6.07) is 10.9. The summed E-state index contributed by atoms with van der Waals surface area (Å²) in [6.45, 7) is 0.189. The molecule has 3 rings (SSSR count). The maximum Gasteiger partial charge on any atom is 0.226 e. The normalized spacial score (nSPS) is 10.5. The van der Waals surface area contributed by atoms with E-state index < -0.39 is 0 Å². The monoisotopic (exact) mass is 312 g/mol. The Bertz CT molecular complexity index is 751. The van der Waals surface area contributed by atoms with Crippen LogP contribution < -0.4 is 9.47 Å². The Kier molecular flexibility index (Phi) is 4.54. The summed E-state index contributed by atoms with van der Waals surface area (Å²) >= 11 is 0. The average Bonchev–Trinajstić information content (AvgIpc) is 3.09. The number of pyridine rings is 1. The molecule has 3 aromatic rings. The molecule has 0 unspecified atom stereocenters. The molecule has 23 heavy (non-hydrogen) atoms. The van der Waals surface area contributed by atoms with E-state index in [1.165, 1.54) is 0 Å². The second-order valence-corrected chi connectivity index (χ2v) is 4.80. The Hall–Kier alpha value is -2.86. The summed E-state index contributed by atoms with van der Waals surface area (Å²) in [5, 5.41) is 8.95. The molecule has 0 atom stereocenters. The minimum atomic E-state index is -0.0885. The van der Waals surface area contributed by atoms with Gasteiger partial charge in [-0.1, -0.05) is 0 Å². The van der Waals surface area contributed by atoms with Crippen LogP contribution in [0.25, 0.3) is 11.5 Å². The number of hydrogen-bond acceptors (Lipinski definition) is 6. The highest BCUT2D eigenvalue weighted by atomic mass is 16.5. The molecule has 6 nitrogen and oxygen atoms in total. The van der Waals surface area contributed by atoms with Gasteiger partial charge in [-0.3, -0.25) is 4.98 Å². The Morgan fingerprint density at radius 1 is 1.04 bits per heavy atom. The van der Waals surface area contributed by atoms with Gasteiger partial charge in [0.05, 0.1) is 25.6 Å². The molecule has 1 N–H and O–H groups in total. The van der Waals surface area contributed by atoms with Crippen LogP contribution in [0.4, 0.5) is 0 Å². The number of nitrogens with zero attached hydrogens (tertiary/aromatic N) is 2. The minimum absolute atomic E-state index is 0.0885. The molecule has 0 bridgehead atoms. The summed E-state index contributed by atoms with van der Waals surface area (Å²) < 4.78 is 16.2. The molecule has 0 aliphatic carbocycles. The van der Waals surface area contributed by atoms with Gasteiger partial charge in [-0.05, 0) is 36.4 Å². The first-order chi connectivity index (χ1) is 11.3. The van der Waals surface area contributed by atoms with Gasteiger partial charge >= 0.3 is 0 Å². The summed E-state index contributed by atoms with van der Waals surface area (Å²) in [6.07, 6.45) is 3.13. The Morgan fingerprint density at radius 2 is 1.83 bits per heavy atom. The fraction of sp³-hybridized carbons (Fsp3) is 0.176. The van der Waals surface area contributed by atoms with Gasteiger partial charge < -0.3 is 19.0 Å². The van der Waals surface area contributed by atoms with Crippen LogP contribution in [0.2, 0.25) is 0 Å². The smallest absolute Gasteiger partial charge is 0.226 e. The van der Waals surface area contributed by atoms with Crippen molar-refractivity contribution in [2.24, 2.45) is 0 Å². The quantitative estimate of drug-likeness (QED) is 0.754. The zero-order chi connectivity index (χ0) is 16.1. The number of oxazole rings is 1. The van der Waals surface area contributed by atoms with E-state index in [2.05, 4.69) is 9.97 Å². The maximum atomic E-state index is 8.95. The van der Waals surface area contributed by atoms with E-state index in [0.717, 1.165) is 11.3 Å². The lowest BCUT2D eigenvalue weighted by Gasteiger charge is -2.03. The zero-order valence-electron chi connectivity index (χ0n) is 12.6. The first kappa shape index (κ1) is 15.1. The molecule has 0 radical (unpaired) electrons. The van der Waals surface area contributed by atoms with Crippen LogP contribution in [0, 0.1) is 0 Å². The first-order valence-electron chi connectivity index (χ1n) is 7.06. The van der Waals surface area contributed by atoms with Crippen molar-refractivity contribution in [3.05, 3.63) is 60.2 Å². The van der Waals surface area contributed by atoms with Crippen molar-refractivity contribution in [3.8, 4) is 23.0 Å². The SMILES string of the molecule is COc1ccc(-c2nc(COc3ccc(CO)nc3)co2)cc1. The molecule has 0 amide bonds. The number of aliphatic hydroxyl groups excluding tert-OH is 1. The topological polar surface area (TPSA) is 77.6 Å². The lowest BCUT2D eigenvalue weighted by atomic mass is 10.2. The highest BCUT2D eigenvalue weighted by Gasteiger charge is 2.08.